The predicted molar refractivity (Wildman–Crippen MR) is 107 cm³/mol. The molecule has 1 saturated heterocycles. The summed E-state index contributed by atoms with van der Waals surface area (Å²) in [5.41, 5.74) is 2.14. The zero-order valence-corrected chi connectivity index (χ0v) is 16.1. The monoisotopic (exact) mass is 385 g/mol. The van der Waals surface area contributed by atoms with Crippen LogP contribution in [-0.4, -0.2) is 59.6 Å². The Labute approximate surface area is 165 Å². The zero-order valence-electron chi connectivity index (χ0n) is 16.1. The molecular weight excluding hydrogens is 357 g/mol. The second-order valence-electron chi connectivity index (χ2n) is 7.17. The molecule has 3 rings (SSSR count). The quantitative estimate of drug-likeness (QED) is 0.730. The number of carbonyl (C=O) groups excluding carboxylic acids is 1. The molecule has 0 bridgehead atoms. The normalized spacial score (nSPS) is 16.6. The van der Waals surface area contributed by atoms with Gasteiger partial charge in [0.1, 0.15) is 5.82 Å². The molecule has 1 atom stereocenters. The smallest absolute Gasteiger partial charge is 0.237 e. The molecule has 6 heteroatoms. The van der Waals surface area contributed by atoms with E-state index < -0.39 is 0 Å². The van der Waals surface area contributed by atoms with Crippen molar-refractivity contribution in [2.45, 2.75) is 25.6 Å². The number of hydrogen-bond donors (Lipinski definition) is 2. The van der Waals surface area contributed by atoms with Crippen LogP contribution in [0.2, 0.25) is 0 Å². The summed E-state index contributed by atoms with van der Waals surface area (Å²) in [4.78, 5) is 17.2. The van der Waals surface area contributed by atoms with Gasteiger partial charge in [-0.15, -0.1) is 0 Å². The summed E-state index contributed by atoms with van der Waals surface area (Å²) >= 11 is 0. The van der Waals surface area contributed by atoms with Crippen molar-refractivity contribution in [3.05, 3.63) is 71.5 Å². The van der Waals surface area contributed by atoms with Gasteiger partial charge < -0.3 is 10.4 Å². The Morgan fingerprint density at radius 3 is 2.32 bits per heavy atom. The molecule has 1 unspecified atom stereocenters. The van der Waals surface area contributed by atoms with Crippen LogP contribution in [0.4, 0.5) is 4.39 Å². The Morgan fingerprint density at radius 2 is 1.68 bits per heavy atom. The maximum absolute atomic E-state index is 13.0. The molecule has 2 N–H and O–H groups in total. The number of nitrogens with zero attached hydrogens (tertiary/aromatic N) is 2. The molecule has 5 nitrogen and oxygen atoms in total. The largest absolute Gasteiger partial charge is 0.396 e. The number of halogens is 1. The second-order valence-corrected chi connectivity index (χ2v) is 7.17. The van der Waals surface area contributed by atoms with Crippen LogP contribution in [0.15, 0.2) is 54.6 Å². The minimum Gasteiger partial charge on any atom is -0.396 e. The highest BCUT2D eigenvalue weighted by atomic mass is 19.1. The number of carbonyl (C=O) groups is 1. The van der Waals surface area contributed by atoms with Crippen molar-refractivity contribution < 1.29 is 14.3 Å². The predicted octanol–water partition coefficient (Wildman–Crippen LogP) is 2.01. The Morgan fingerprint density at radius 1 is 1.00 bits per heavy atom. The third-order valence-corrected chi connectivity index (χ3v) is 5.18. The highest BCUT2D eigenvalue weighted by Gasteiger charge is 2.28. The van der Waals surface area contributed by atoms with Gasteiger partial charge in [0, 0.05) is 45.9 Å². The van der Waals surface area contributed by atoms with Crippen LogP contribution in [0.25, 0.3) is 0 Å². The first kappa shape index (κ1) is 20.5. The van der Waals surface area contributed by atoms with E-state index >= 15 is 0 Å². The van der Waals surface area contributed by atoms with E-state index in [-0.39, 0.29) is 24.4 Å². The molecule has 2 aromatic carbocycles. The number of aliphatic hydroxyl groups excluding tert-OH is 1. The molecule has 1 fully saturated rings. The van der Waals surface area contributed by atoms with Gasteiger partial charge >= 0.3 is 0 Å². The minimum absolute atomic E-state index is 0.0289. The zero-order chi connectivity index (χ0) is 19.8. The average Bonchev–Trinajstić information content (AvgIpc) is 2.73. The van der Waals surface area contributed by atoms with Crippen molar-refractivity contribution in [2.75, 3.05) is 32.8 Å². The van der Waals surface area contributed by atoms with Crippen molar-refractivity contribution in [3.8, 4) is 0 Å². The molecular formula is C22H28FN3O2. The SMILES string of the molecule is O=C(NCc1ccc(F)cc1)C(CCO)N1CCN(Cc2ccccc2)CC1. The fourth-order valence-corrected chi connectivity index (χ4v) is 3.59. The fourth-order valence-electron chi connectivity index (χ4n) is 3.59. The molecule has 1 aliphatic heterocycles. The van der Waals surface area contributed by atoms with E-state index in [9.17, 15) is 14.3 Å². The molecule has 0 saturated carbocycles. The van der Waals surface area contributed by atoms with Crippen LogP contribution in [0, 0.1) is 5.82 Å². The lowest BCUT2D eigenvalue weighted by Gasteiger charge is -2.38. The Kier molecular flexibility index (Phi) is 7.54. The standard InChI is InChI=1S/C22H28FN3O2/c23-20-8-6-18(7-9-20)16-24-22(28)21(10-15-27)26-13-11-25(12-14-26)17-19-4-2-1-3-5-19/h1-9,21,27H,10-17H2,(H,24,28). The number of nitrogens with one attached hydrogen (secondary N) is 1. The number of benzene rings is 2. The van der Waals surface area contributed by atoms with Gasteiger partial charge in [-0.1, -0.05) is 42.5 Å². The van der Waals surface area contributed by atoms with Gasteiger partial charge in [0.25, 0.3) is 0 Å². The van der Waals surface area contributed by atoms with Gasteiger partial charge in [0.05, 0.1) is 6.04 Å². The summed E-state index contributed by atoms with van der Waals surface area (Å²) in [6, 6.07) is 16.1. The van der Waals surface area contributed by atoms with E-state index in [0.717, 1.165) is 38.3 Å². The maximum Gasteiger partial charge on any atom is 0.237 e. The Bertz CT molecular complexity index is 731. The minimum atomic E-state index is -0.343. The van der Waals surface area contributed by atoms with Crippen LogP contribution < -0.4 is 5.32 Å². The van der Waals surface area contributed by atoms with Gasteiger partial charge in [-0.05, 0) is 29.7 Å². The Balaban J connectivity index is 1.50. The number of piperazine rings is 1. The molecule has 150 valence electrons. The summed E-state index contributed by atoms with van der Waals surface area (Å²) in [5.74, 6) is -0.378. The van der Waals surface area contributed by atoms with Crippen LogP contribution in [0.1, 0.15) is 17.5 Å². The molecule has 1 aliphatic rings. The van der Waals surface area contributed by atoms with Crippen molar-refractivity contribution in [2.24, 2.45) is 0 Å². The van der Waals surface area contributed by atoms with Crippen LogP contribution in [0.5, 0.6) is 0 Å². The maximum atomic E-state index is 13.0. The van der Waals surface area contributed by atoms with Gasteiger partial charge in [-0.25, -0.2) is 4.39 Å². The van der Waals surface area contributed by atoms with E-state index in [0.29, 0.717) is 13.0 Å². The van der Waals surface area contributed by atoms with Crippen molar-refractivity contribution in [1.82, 2.24) is 15.1 Å². The molecule has 0 spiro atoms. The van der Waals surface area contributed by atoms with E-state index in [4.69, 9.17) is 0 Å². The molecule has 1 amide bonds. The van der Waals surface area contributed by atoms with E-state index in [1.165, 1.54) is 17.7 Å². The van der Waals surface area contributed by atoms with Crippen LogP contribution in [-0.2, 0) is 17.9 Å². The number of amides is 1. The highest BCUT2D eigenvalue weighted by molar-refractivity contribution is 5.81. The number of hydrogen-bond acceptors (Lipinski definition) is 4. The summed E-state index contributed by atoms with van der Waals surface area (Å²) in [6.45, 7) is 4.61. The highest BCUT2D eigenvalue weighted by Crippen LogP contribution is 2.13. The van der Waals surface area contributed by atoms with Gasteiger partial charge in [0.15, 0.2) is 0 Å². The first-order chi connectivity index (χ1) is 13.7. The summed E-state index contributed by atoms with van der Waals surface area (Å²) in [5, 5.41) is 12.3. The third-order valence-electron chi connectivity index (χ3n) is 5.18. The number of rotatable bonds is 8. The lowest BCUT2D eigenvalue weighted by molar-refractivity contribution is -0.128. The number of aliphatic hydroxyl groups is 1. The Hall–Kier alpha value is -2.28. The first-order valence-corrected chi connectivity index (χ1v) is 9.79. The fraction of sp³-hybridized carbons (Fsp3) is 0.409. The van der Waals surface area contributed by atoms with Gasteiger partial charge in [-0.3, -0.25) is 14.6 Å². The summed E-state index contributed by atoms with van der Waals surface area (Å²) in [7, 11) is 0. The van der Waals surface area contributed by atoms with Crippen molar-refractivity contribution in [1.29, 1.82) is 0 Å². The van der Waals surface area contributed by atoms with Crippen LogP contribution in [0.3, 0.4) is 0 Å². The van der Waals surface area contributed by atoms with E-state index in [1.807, 2.05) is 18.2 Å². The molecule has 1 heterocycles. The lowest BCUT2D eigenvalue weighted by Crippen LogP contribution is -2.54. The average molecular weight is 385 g/mol. The topological polar surface area (TPSA) is 55.8 Å². The molecule has 28 heavy (non-hydrogen) atoms. The molecule has 0 aromatic heterocycles. The molecule has 0 aliphatic carbocycles. The first-order valence-electron chi connectivity index (χ1n) is 9.79. The van der Waals surface area contributed by atoms with Crippen molar-refractivity contribution >= 4 is 5.91 Å². The molecule has 0 radical (unpaired) electrons. The van der Waals surface area contributed by atoms with Crippen LogP contribution >= 0.6 is 0 Å². The summed E-state index contributed by atoms with van der Waals surface area (Å²) in [6.07, 6.45) is 0.411. The van der Waals surface area contributed by atoms with E-state index in [1.54, 1.807) is 12.1 Å². The lowest BCUT2D eigenvalue weighted by atomic mass is 10.1. The summed E-state index contributed by atoms with van der Waals surface area (Å²) < 4.78 is 13.0. The second kappa shape index (κ2) is 10.3. The van der Waals surface area contributed by atoms with E-state index in [2.05, 4.69) is 27.2 Å². The third kappa shape index (κ3) is 5.86. The molecule has 2 aromatic rings. The van der Waals surface area contributed by atoms with Gasteiger partial charge in [-0.2, -0.15) is 0 Å². The van der Waals surface area contributed by atoms with Crippen molar-refractivity contribution in [3.63, 3.8) is 0 Å². The van der Waals surface area contributed by atoms with Gasteiger partial charge in [0.2, 0.25) is 5.91 Å².